The van der Waals surface area contributed by atoms with Crippen LogP contribution in [0.15, 0.2) is 30.5 Å². The number of carbonyl (C=O) groups excluding carboxylic acids is 1. The molecule has 0 radical (unpaired) electrons. The van der Waals surface area contributed by atoms with Crippen molar-refractivity contribution in [2.75, 3.05) is 5.32 Å². The Labute approximate surface area is 118 Å². The first-order valence-corrected chi connectivity index (χ1v) is 7.37. The number of benzene rings is 1. The van der Waals surface area contributed by atoms with Crippen molar-refractivity contribution >= 4 is 22.6 Å². The Bertz CT molecular complexity index is 605. The minimum atomic E-state index is -0.103. The first-order valence-electron chi connectivity index (χ1n) is 7.37. The fourth-order valence-corrected chi connectivity index (χ4v) is 3.03. The van der Waals surface area contributed by atoms with Crippen LogP contribution >= 0.6 is 0 Å². The molecule has 1 aromatic heterocycles. The Morgan fingerprint density at radius 1 is 1.25 bits per heavy atom. The van der Waals surface area contributed by atoms with Gasteiger partial charge in [-0.25, -0.2) is 4.79 Å². The molecule has 106 valence electrons. The second kappa shape index (κ2) is 5.57. The van der Waals surface area contributed by atoms with E-state index < -0.39 is 0 Å². The van der Waals surface area contributed by atoms with Crippen molar-refractivity contribution in [3.05, 3.63) is 30.5 Å². The number of rotatable bonds is 2. The SMILES string of the molecule is C[C@@H]1CCCC[C@@H]1NC(=O)Nc1c[nH]c2ccccc12. The van der Waals surface area contributed by atoms with Crippen LogP contribution in [-0.2, 0) is 0 Å². The molecule has 20 heavy (non-hydrogen) atoms. The molecular formula is C16H21N3O. The molecule has 0 spiro atoms. The lowest BCUT2D eigenvalue weighted by Gasteiger charge is -2.29. The van der Waals surface area contributed by atoms with Crippen molar-refractivity contribution in [1.29, 1.82) is 0 Å². The Hall–Kier alpha value is -1.97. The highest BCUT2D eigenvalue weighted by atomic mass is 16.2. The van der Waals surface area contributed by atoms with E-state index in [1.54, 1.807) is 0 Å². The predicted molar refractivity (Wildman–Crippen MR) is 81.9 cm³/mol. The largest absolute Gasteiger partial charge is 0.359 e. The van der Waals surface area contributed by atoms with E-state index in [9.17, 15) is 4.79 Å². The van der Waals surface area contributed by atoms with Gasteiger partial charge in [-0.15, -0.1) is 0 Å². The average molecular weight is 271 g/mol. The summed E-state index contributed by atoms with van der Waals surface area (Å²) in [6.45, 7) is 2.22. The van der Waals surface area contributed by atoms with Crippen LogP contribution in [0.5, 0.6) is 0 Å². The van der Waals surface area contributed by atoms with Gasteiger partial charge >= 0.3 is 6.03 Å². The minimum Gasteiger partial charge on any atom is -0.359 e. The number of aromatic amines is 1. The number of carbonyl (C=O) groups is 1. The lowest BCUT2D eigenvalue weighted by molar-refractivity contribution is 0.232. The summed E-state index contributed by atoms with van der Waals surface area (Å²) in [6.07, 6.45) is 6.63. The average Bonchev–Trinajstić information content (AvgIpc) is 2.85. The first-order chi connectivity index (χ1) is 9.74. The van der Waals surface area contributed by atoms with Gasteiger partial charge in [0.1, 0.15) is 0 Å². The molecule has 0 bridgehead atoms. The van der Waals surface area contributed by atoms with Crippen molar-refractivity contribution in [2.24, 2.45) is 5.92 Å². The van der Waals surface area contributed by atoms with E-state index in [0.29, 0.717) is 12.0 Å². The minimum absolute atomic E-state index is 0.103. The number of hydrogen-bond donors (Lipinski definition) is 3. The third-order valence-corrected chi connectivity index (χ3v) is 4.27. The number of urea groups is 1. The Balaban J connectivity index is 1.66. The summed E-state index contributed by atoms with van der Waals surface area (Å²) in [4.78, 5) is 15.3. The molecule has 1 aliphatic carbocycles. The highest BCUT2D eigenvalue weighted by Gasteiger charge is 2.22. The first kappa shape index (κ1) is 13.0. The van der Waals surface area contributed by atoms with Crippen molar-refractivity contribution in [1.82, 2.24) is 10.3 Å². The number of fused-ring (bicyclic) bond motifs is 1. The zero-order valence-electron chi connectivity index (χ0n) is 11.8. The third-order valence-electron chi connectivity index (χ3n) is 4.27. The number of hydrogen-bond acceptors (Lipinski definition) is 1. The highest BCUT2D eigenvalue weighted by molar-refractivity contribution is 6.01. The number of nitrogens with one attached hydrogen (secondary N) is 3. The van der Waals surface area contributed by atoms with Gasteiger partial charge in [-0.3, -0.25) is 0 Å². The zero-order valence-corrected chi connectivity index (χ0v) is 11.8. The molecule has 2 atom stereocenters. The summed E-state index contributed by atoms with van der Waals surface area (Å²) in [5.74, 6) is 0.567. The van der Waals surface area contributed by atoms with Gasteiger partial charge in [0, 0.05) is 23.1 Å². The van der Waals surface area contributed by atoms with Gasteiger partial charge in [-0.2, -0.15) is 0 Å². The Kier molecular flexibility index (Phi) is 3.63. The van der Waals surface area contributed by atoms with Crippen LogP contribution in [0.2, 0.25) is 0 Å². The van der Waals surface area contributed by atoms with Gasteiger partial charge in [0.2, 0.25) is 0 Å². The fraction of sp³-hybridized carbons (Fsp3) is 0.438. The van der Waals surface area contributed by atoms with E-state index in [2.05, 4.69) is 22.5 Å². The lowest BCUT2D eigenvalue weighted by Crippen LogP contribution is -2.43. The van der Waals surface area contributed by atoms with Gasteiger partial charge in [0.05, 0.1) is 5.69 Å². The van der Waals surface area contributed by atoms with Crippen LogP contribution in [0.3, 0.4) is 0 Å². The van der Waals surface area contributed by atoms with Gasteiger partial charge in [-0.05, 0) is 24.8 Å². The maximum absolute atomic E-state index is 12.1. The maximum atomic E-state index is 12.1. The Morgan fingerprint density at radius 3 is 2.90 bits per heavy atom. The molecule has 2 amide bonds. The maximum Gasteiger partial charge on any atom is 0.319 e. The highest BCUT2D eigenvalue weighted by Crippen LogP contribution is 2.25. The molecule has 1 heterocycles. The van der Waals surface area contributed by atoms with Gasteiger partial charge in [0.15, 0.2) is 0 Å². The second-order valence-corrected chi connectivity index (χ2v) is 5.71. The molecule has 0 saturated heterocycles. The summed E-state index contributed by atoms with van der Waals surface area (Å²) in [5.41, 5.74) is 1.87. The molecule has 1 aromatic carbocycles. The quantitative estimate of drug-likeness (QED) is 0.763. The number of anilines is 1. The van der Waals surface area contributed by atoms with Gasteiger partial charge in [-0.1, -0.05) is 38.0 Å². The van der Waals surface area contributed by atoms with Crippen LogP contribution in [0.1, 0.15) is 32.6 Å². The molecule has 1 fully saturated rings. The molecule has 3 rings (SSSR count). The summed E-state index contributed by atoms with van der Waals surface area (Å²) in [7, 11) is 0. The summed E-state index contributed by atoms with van der Waals surface area (Å²) in [5, 5.41) is 7.10. The van der Waals surface area contributed by atoms with Crippen molar-refractivity contribution in [2.45, 2.75) is 38.6 Å². The van der Waals surface area contributed by atoms with E-state index in [4.69, 9.17) is 0 Å². The van der Waals surface area contributed by atoms with Crippen LogP contribution in [0, 0.1) is 5.92 Å². The van der Waals surface area contributed by atoms with Crippen LogP contribution in [0.25, 0.3) is 10.9 Å². The van der Waals surface area contributed by atoms with Crippen LogP contribution in [-0.4, -0.2) is 17.1 Å². The predicted octanol–water partition coefficient (Wildman–Crippen LogP) is 3.87. The van der Waals surface area contributed by atoms with E-state index in [0.717, 1.165) is 23.0 Å². The molecule has 3 N–H and O–H groups in total. The number of para-hydroxylation sites is 1. The van der Waals surface area contributed by atoms with Gasteiger partial charge in [0.25, 0.3) is 0 Å². The van der Waals surface area contributed by atoms with Crippen molar-refractivity contribution < 1.29 is 4.79 Å². The van der Waals surface area contributed by atoms with Crippen molar-refractivity contribution in [3.8, 4) is 0 Å². The molecule has 0 unspecified atom stereocenters. The fourth-order valence-electron chi connectivity index (χ4n) is 3.03. The number of H-pyrrole nitrogens is 1. The molecule has 4 nitrogen and oxygen atoms in total. The van der Waals surface area contributed by atoms with E-state index in [1.165, 1.54) is 19.3 Å². The lowest BCUT2D eigenvalue weighted by atomic mass is 9.86. The monoisotopic (exact) mass is 271 g/mol. The topological polar surface area (TPSA) is 56.9 Å². The van der Waals surface area contributed by atoms with E-state index in [-0.39, 0.29) is 6.03 Å². The zero-order chi connectivity index (χ0) is 13.9. The molecule has 1 saturated carbocycles. The van der Waals surface area contributed by atoms with Crippen molar-refractivity contribution in [3.63, 3.8) is 0 Å². The van der Waals surface area contributed by atoms with E-state index in [1.807, 2.05) is 30.5 Å². The smallest absolute Gasteiger partial charge is 0.319 e. The normalized spacial score (nSPS) is 22.6. The molecule has 1 aliphatic rings. The molecular weight excluding hydrogens is 250 g/mol. The summed E-state index contributed by atoms with van der Waals surface area (Å²) < 4.78 is 0. The Morgan fingerprint density at radius 2 is 2.05 bits per heavy atom. The molecule has 4 heteroatoms. The third kappa shape index (κ3) is 2.64. The molecule has 0 aliphatic heterocycles. The summed E-state index contributed by atoms with van der Waals surface area (Å²) >= 11 is 0. The molecule has 2 aromatic rings. The van der Waals surface area contributed by atoms with Crippen LogP contribution < -0.4 is 10.6 Å². The van der Waals surface area contributed by atoms with E-state index >= 15 is 0 Å². The summed E-state index contributed by atoms with van der Waals surface area (Å²) in [6, 6.07) is 8.16. The standard InChI is InChI=1S/C16H21N3O/c1-11-6-2-4-8-13(11)18-16(20)19-15-10-17-14-9-5-3-7-12(14)15/h3,5,7,9-11,13,17H,2,4,6,8H2,1H3,(H2,18,19,20)/t11-,13+/m1/s1. The van der Waals surface area contributed by atoms with Crippen LogP contribution in [0.4, 0.5) is 10.5 Å². The number of aromatic nitrogens is 1. The second-order valence-electron chi connectivity index (χ2n) is 5.71. The number of amides is 2. The van der Waals surface area contributed by atoms with Gasteiger partial charge < -0.3 is 15.6 Å².